The van der Waals surface area contributed by atoms with Crippen LogP contribution in [0.1, 0.15) is 10.4 Å². The zero-order valence-electron chi connectivity index (χ0n) is 10.3. The van der Waals surface area contributed by atoms with Gasteiger partial charge in [-0.1, -0.05) is 0 Å². The van der Waals surface area contributed by atoms with Crippen LogP contribution in [0.3, 0.4) is 0 Å². The van der Waals surface area contributed by atoms with E-state index in [-0.39, 0.29) is 11.6 Å². The third kappa shape index (κ3) is 2.83. The zero-order chi connectivity index (χ0) is 14.8. The first-order valence-corrected chi connectivity index (χ1v) is 7.42. The van der Waals surface area contributed by atoms with E-state index in [1.165, 1.54) is 46.6 Å². The van der Waals surface area contributed by atoms with Crippen LogP contribution in [-0.2, 0) is 0 Å². The van der Waals surface area contributed by atoms with Gasteiger partial charge < -0.3 is 4.42 Å². The van der Waals surface area contributed by atoms with Crippen LogP contribution in [0.4, 0.5) is 10.8 Å². The molecule has 0 aliphatic carbocycles. The standard InChI is InChI=1S/C12H7N3O4S2/c16-11(7-1-2-19-4-7)14-12-13-9(6-21-12)10-3-8(5-20-10)15(17)18/h1-6H,(H,13,14,16). The molecule has 0 bridgehead atoms. The highest BCUT2D eigenvalue weighted by atomic mass is 32.1. The monoisotopic (exact) mass is 321 g/mol. The van der Waals surface area contributed by atoms with Crippen molar-refractivity contribution in [3.63, 3.8) is 0 Å². The van der Waals surface area contributed by atoms with Gasteiger partial charge in [0.1, 0.15) is 6.26 Å². The second-order valence-electron chi connectivity index (χ2n) is 3.93. The number of carbonyl (C=O) groups is 1. The van der Waals surface area contributed by atoms with Gasteiger partial charge in [-0.3, -0.25) is 20.2 Å². The minimum absolute atomic E-state index is 0.0342. The number of hydrogen-bond donors (Lipinski definition) is 1. The molecule has 0 radical (unpaired) electrons. The van der Waals surface area contributed by atoms with Crippen LogP contribution in [0.2, 0.25) is 0 Å². The Labute approximate surface area is 126 Å². The number of amides is 1. The Morgan fingerprint density at radius 1 is 1.38 bits per heavy atom. The van der Waals surface area contributed by atoms with Crippen molar-refractivity contribution in [2.75, 3.05) is 5.32 Å². The number of nitrogens with zero attached hydrogens (tertiary/aromatic N) is 2. The minimum Gasteiger partial charge on any atom is -0.472 e. The first kappa shape index (κ1) is 13.5. The minimum atomic E-state index is -0.450. The molecule has 3 aromatic rings. The fourth-order valence-corrected chi connectivity index (χ4v) is 3.16. The second kappa shape index (κ2) is 5.46. The third-order valence-electron chi connectivity index (χ3n) is 2.56. The van der Waals surface area contributed by atoms with Crippen LogP contribution in [0, 0.1) is 10.1 Å². The number of hydrogen-bond acceptors (Lipinski definition) is 7. The smallest absolute Gasteiger partial charge is 0.280 e. The van der Waals surface area contributed by atoms with Gasteiger partial charge in [0.2, 0.25) is 0 Å². The Bertz CT molecular complexity index is 791. The van der Waals surface area contributed by atoms with E-state index >= 15 is 0 Å². The van der Waals surface area contributed by atoms with E-state index in [0.29, 0.717) is 21.3 Å². The first-order chi connectivity index (χ1) is 10.1. The molecule has 0 atom stereocenters. The van der Waals surface area contributed by atoms with Crippen molar-refractivity contribution in [2.24, 2.45) is 0 Å². The summed E-state index contributed by atoms with van der Waals surface area (Å²) in [7, 11) is 0. The van der Waals surface area contributed by atoms with Gasteiger partial charge in [0, 0.05) is 11.4 Å². The molecule has 0 saturated carbocycles. The lowest BCUT2D eigenvalue weighted by Crippen LogP contribution is -2.10. The Hall–Kier alpha value is -2.52. The number of thiazole rings is 1. The zero-order valence-corrected chi connectivity index (χ0v) is 11.9. The normalized spacial score (nSPS) is 10.5. The van der Waals surface area contributed by atoms with Gasteiger partial charge in [-0.15, -0.1) is 22.7 Å². The largest absolute Gasteiger partial charge is 0.472 e. The van der Waals surface area contributed by atoms with Crippen LogP contribution >= 0.6 is 22.7 Å². The van der Waals surface area contributed by atoms with E-state index in [9.17, 15) is 14.9 Å². The van der Waals surface area contributed by atoms with Gasteiger partial charge in [-0.05, 0) is 6.07 Å². The predicted molar refractivity (Wildman–Crippen MR) is 78.7 cm³/mol. The van der Waals surface area contributed by atoms with Crippen LogP contribution in [0.5, 0.6) is 0 Å². The molecule has 0 unspecified atom stereocenters. The Balaban J connectivity index is 1.76. The van der Waals surface area contributed by atoms with Crippen molar-refractivity contribution >= 4 is 39.4 Å². The molecular weight excluding hydrogens is 314 g/mol. The molecule has 0 aliphatic rings. The number of thiophene rings is 1. The van der Waals surface area contributed by atoms with Gasteiger partial charge in [0.15, 0.2) is 5.13 Å². The summed E-state index contributed by atoms with van der Waals surface area (Å²) in [5.41, 5.74) is 1.03. The topological polar surface area (TPSA) is 98.3 Å². The molecule has 0 saturated heterocycles. The van der Waals surface area contributed by atoms with Gasteiger partial charge in [0.05, 0.1) is 32.7 Å². The van der Waals surface area contributed by atoms with Crippen LogP contribution in [0.15, 0.2) is 39.8 Å². The van der Waals surface area contributed by atoms with E-state index < -0.39 is 4.92 Å². The summed E-state index contributed by atoms with van der Waals surface area (Å²) in [5.74, 6) is -0.318. The summed E-state index contributed by atoms with van der Waals surface area (Å²) in [4.78, 5) is 27.0. The highest BCUT2D eigenvalue weighted by Crippen LogP contribution is 2.32. The third-order valence-corrected chi connectivity index (χ3v) is 4.25. The van der Waals surface area contributed by atoms with E-state index in [1.54, 1.807) is 11.4 Å². The summed E-state index contributed by atoms with van der Waals surface area (Å²) in [5, 5.41) is 16.9. The lowest BCUT2D eigenvalue weighted by Gasteiger charge is -1.97. The molecule has 3 rings (SSSR count). The maximum absolute atomic E-state index is 11.8. The molecule has 7 nitrogen and oxygen atoms in total. The molecule has 0 aliphatic heterocycles. The summed E-state index contributed by atoms with van der Waals surface area (Å²) < 4.78 is 4.83. The fraction of sp³-hybridized carbons (Fsp3) is 0. The molecule has 0 fully saturated rings. The molecule has 3 heterocycles. The highest BCUT2D eigenvalue weighted by molar-refractivity contribution is 7.16. The number of furan rings is 1. The van der Waals surface area contributed by atoms with Gasteiger partial charge >= 0.3 is 0 Å². The van der Waals surface area contributed by atoms with Crippen molar-refractivity contribution in [3.8, 4) is 10.6 Å². The quantitative estimate of drug-likeness (QED) is 0.584. The van der Waals surface area contributed by atoms with Crippen molar-refractivity contribution in [1.29, 1.82) is 0 Å². The van der Waals surface area contributed by atoms with Gasteiger partial charge in [-0.2, -0.15) is 0 Å². The predicted octanol–water partition coefficient (Wildman–Crippen LogP) is 3.63. The average Bonchev–Trinajstić information content (AvgIpc) is 3.20. The van der Waals surface area contributed by atoms with Crippen LogP contribution in [0.25, 0.3) is 10.6 Å². The van der Waals surface area contributed by atoms with Crippen molar-refractivity contribution in [1.82, 2.24) is 4.98 Å². The maximum Gasteiger partial charge on any atom is 0.280 e. The summed E-state index contributed by atoms with van der Waals surface area (Å²) in [6.45, 7) is 0. The molecule has 106 valence electrons. The van der Waals surface area contributed by atoms with E-state index in [0.717, 1.165) is 0 Å². The van der Waals surface area contributed by atoms with E-state index in [4.69, 9.17) is 4.42 Å². The first-order valence-electron chi connectivity index (χ1n) is 5.66. The Morgan fingerprint density at radius 2 is 2.24 bits per heavy atom. The van der Waals surface area contributed by atoms with Gasteiger partial charge in [-0.25, -0.2) is 4.98 Å². The fourth-order valence-electron chi connectivity index (χ4n) is 1.56. The Kier molecular flexibility index (Phi) is 3.50. The average molecular weight is 321 g/mol. The van der Waals surface area contributed by atoms with E-state index in [1.807, 2.05) is 0 Å². The molecule has 0 aromatic carbocycles. The maximum atomic E-state index is 11.8. The lowest BCUT2D eigenvalue weighted by molar-refractivity contribution is -0.384. The molecular formula is C12H7N3O4S2. The second-order valence-corrected chi connectivity index (χ2v) is 5.70. The molecule has 9 heteroatoms. The molecule has 1 amide bonds. The van der Waals surface area contributed by atoms with Crippen molar-refractivity contribution in [3.05, 3.63) is 51.1 Å². The highest BCUT2D eigenvalue weighted by Gasteiger charge is 2.14. The molecule has 3 aromatic heterocycles. The Morgan fingerprint density at radius 3 is 2.90 bits per heavy atom. The van der Waals surface area contributed by atoms with Gasteiger partial charge in [0.25, 0.3) is 11.6 Å². The van der Waals surface area contributed by atoms with Crippen molar-refractivity contribution in [2.45, 2.75) is 0 Å². The van der Waals surface area contributed by atoms with Crippen molar-refractivity contribution < 1.29 is 14.1 Å². The number of nitro groups is 1. The lowest BCUT2D eigenvalue weighted by atomic mass is 10.3. The van der Waals surface area contributed by atoms with Crippen LogP contribution in [-0.4, -0.2) is 15.8 Å². The number of aromatic nitrogens is 1. The summed E-state index contributed by atoms with van der Waals surface area (Å²) >= 11 is 2.49. The van der Waals surface area contributed by atoms with Crippen LogP contribution < -0.4 is 5.32 Å². The molecule has 21 heavy (non-hydrogen) atoms. The molecule has 1 N–H and O–H groups in total. The molecule has 0 spiro atoms. The van der Waals surface area contributed by atoms with E-state index in [2.05, 4.69) is 10.3 Å². The summed E-state index contributed by atoms with van der Waals surface area (Å²) in [6, 6.07) is 3.01. The SMILES string of the molecule is O=C(Nc1nc(-c2cc([N+](=O)[O-])cs2)cs1)c1ccoc1. The summed E-state index contributed by atoms with van der Waals surface area (Å²) in [6.07, 6.45) is 2.75. The number of rotatable bonds is 4. The number of anilines is 1. The number of carbonyl (C=O) groups excluding carboxylic acids is 1. The number of nitrogens with one attached hydrogen (secondary N) is 1.